The van der Waals surface area contributed by atoms with E-state index < -0.39 is 35.9 Å². The third kappa shape index (κ3) is 4.78. The molecule has 1 aliphatic rings. The fourth-order valence-electron chi connectivity index (χ4n) is 2.95. The summed E-state index contributed by atoms with van der Waals surface area (Å²) in [6.45, 7) is 1.48. The lowest BCUT2D eigenvalue weighted by Crippen LogP contribution is -2.47. The summed E-state index contributed by atoms with van der Waals surface area (Å²) in [5.74, 6) is -1.08. The van der Waals surface area contributed by atoms with Crippen molar-refractivity contribution >= 4 is 11.9 Å². The van der Waals surface area contributed by atoms with Crippen LogP contribution in [0.1, 0.15) is 25.3 Å². The van der Waals surface area contributed by atoms with Crippen LogP contribution in [-0.2, 0) is 35.1 Å². The van der Waals surface area contributed by atoms with Gasteiger partial charge in [0.1, 0.15) is 12.2 Å². The van der Waals surface area contributed by atoms with E-state index in [-0.39, 0.29) is 13.0 Å². The molecule has 1 aromatic rings. The fourth-order valence-corrected chi connectivity index (χ4v) is 2.95. The monoisotopic (exact) mass is 352 g/mol. The van der Waals surface area contributed by atoms with Gasteiger partial charge in [-0.1, -0.05) is 30.3 Å². The van der Waals surface area contributed by atoms with Crippen LogP contribution in [0.3, 0.4) is 0 Å². The highest BCUT2D eigenvalue weighted by Crippen LogP contribution is 2.48. The number of aliphatic hydroxyl groups excluding tert-OH is 1. The minimum absolute atomic E-state index is 0.198. The van der Waals surface area contributed by atoms with E-state index in [0.717, 1.165) is 5.56 Å². The lowest BCUT2D eigenvalue weighted by molar-refractivity contribution is -0.180. The smallest absolute Gasteiger partial charge is 0.308 e. The first-order valence-electron chi connectivity index (χ1n) is 8.05. The maximum absolute atomic E-state index is 11.5. The summed E-state index contributed by atoms with van der Waals surface area (Å²) in [5.41, 5.74) is -0.214. The van der Waals surface area contributed by atoms with E-state index in [1.165, 1.54) is 21.1 Å². The van der Waals surface area contributed by atoms with Crippen LogP contribution in [0.5, 0.6) is 0 Å². The lowest BCUT2D eigenvalue weighted by atomic mass is 10.0. The molecule has 138 valence electrons. The van der Waals surface area contributed by atoms with Gasteiger partial charge in [0.25, 0.3) is 0 Å². The summed E-state index contributed by atoms with van der Waals surface area (Å²) >= 11 is 0. The zero-order valence-corrected chi connectivity index (χ0v) is 14.6. The van der Waals surface area contributed by atoms with E-state index in [2.05, 4.69) is 4.74 Å². The predicted octanol–water partition coefficient (Wildman–Crippen LogP) is 1.22. The van der Waals surface area contributed by atoms with Crippen LogP contribution in [0.25, 0.3) is 0 Å². The molecule has 0 heterocycles. The van der Waals surface area contributed by atoms with Crippen molar-refractivity contribution < 1.29 is 33.6 Å². The van der Waals surface area contributed by atoms with Gasteiger partial charge in [0.15, 0.2) is 5.60 Å². The molecule has 1 aliphatic carbocycles. The van der Waals surface area contributed by atoms with E-state index in [0.29, 0.717) is 6.42 Å². The normalized spacial score (nSPS) is 24.2. The summed E-state index contributed by atoms with van der Waals surface area (Å²) in [6, 6.07) is 9.38. The van der Waals surface area contributed by atoms with Gasteiger partial charge < -0.3 is 24.1 Å². The fraction of sp³-hybridized carbons (Fsp3) is 0.556. The highest BCUT2D eigenvalue weighted by Gasteiger charge is 2.66. The SMILES string of the molecule is COC(=O)CC(O)C(OCc1ccccc1)C1(OC(C)=O)CC1OC. The van der Waals surface area contributed by atoms with E-state index in [4.69, 9.17) is 14.2 Å². The number of carbonyl (C=O) groups excluding carboxylic acids is 2. The summed E-state index contributed by atoms with van der Waals surface area (Å²) in [5, 5.41) is 10.5. The number of esters is 2. The molecule has 1 N–H and O–H groups in total. The average molecular weight is 352 g/mol. The molecule has 0 bridgehead atoms. The molecule has 7 nitrogen and oxygen atoms in total. The Morgan fingerprint density at radius 2 is 1.96 bits per heavy atom. The molecule has 0 radical (unpaired) electrons. The van der Waals surface area contributed by atoms with Crippen molar-refractivity contribution in [3.63, 3.8) is 0 Å². The van der Waals surface area contributed by atoms with Gasteiger partial charge in [-0.3, -0.25) is 9.59 Å². The van der Waals surface area contributed by atoms with Crippen molar-refractivity contribution in [3.8, 4) is 0 Å². The minimum Gasteiger partial charge on any atom is -0.469 e. The molecule has 0 saturated heterocycles. The van der Waals surface area contributed by atoms with Gasteiger partial charge >= 0.3 is 11.9 Å². The average Bonchev–Trinajstić information content (AvgIpc) is 3.28. The maximum atomic E-state index is 11.5. The van der Waals surface area contributed by atoms with E-state index in [9.17, 15) is 14.7 Å². The van der Waals surface area contributed by atoms with Crippen molar-refractivity contribution in [1.82, 2.24) is 0 Å². The highest BCUT2D eigenvalue weighted by molar-refractivity contribution is 5.70. The molecule has 0 spiro atoms. The highest BCUT2D eigenvalue weighted by atomic mass is 16.6. The first-order valence-corrected chi connectivity index (χ1v) is 8.05. The van der Waals surface area contributed by atoms with E-state index >= 15 is 0 Å². The molecule has 0 amide bonds. The number of hydrogen-bond donors (Lipinski definition) is 1. The molecule has 4 unspecified atom stereocenters. The zero-order valence-electron chi connectivity index (χ0n) is 14.6. The van der Waals surface area contributed by atoms with Gasteiger partial charge in [0.05, 0.1) is 26.2 Å². The second-order valence-electron chi connectivity index (χ2n) is 6.04. The molecule has 1 aromatic carbocycles. The van der Waals surface area contributed by atoms with Crippen LogP contribution < -0.4 is 0 Å². The molecular weight excluding hydrogens is 328 g/mol. The number of ether oxygens (including phenoxy) is 4. The standard InChI is InChI=1S/C18H24O7/c1-12(19)25-18(10-15(18)22-2)17(14(20)9-16(21)23-3)24-11-13-7-5-4-6-8-13/h4-8,14-15,17,20H,9-11H2,1-3H3. The van der Waals surface area contributed by atoms with Gasteiger partial charge in [0.2, 0.25) is 0 Å². The molecule has 25 heavy (non-hydrogen) atoms. The molecule has 0 aliphatic heterocycles. The quantitative estimate of drug-likeness (QED) is 0.668. The lowest BCUT2D eigenvalue weighted by Gasteiger charge is -2.31. The number of benzene rings is 1. The minimum atomic E-state index is -1.20. The second-order valence-corrected chi connectivity index (χ2v) is 6.04. The first-order chi connectivity index (χ1) is 11.9. The van der Waals surface area contributed by atoms with Crippen LogP contribution in [0.15, 0.2) is 30.3 Å². The Balaban J connectivity index is 2.18. The molecule has 4 atom stereocenters. The third-order valence-electron chi connectivity index (χ3n) is 4.21. The van der Waals surface area contributed by atoms with Crippen LogP contribution >= 0.6 is 0 Å². The molecule has 7 heteroatoms. The largest absolute Gasteiger partial charge is 0.469 e. The third-order valence-corrected chi connectivity index (χ3v) is 4.21. The Morgan fingerprint density at radius 3 is 2.48 bits per heavy atom. The van der Waals surface area contributed by atoms with Gasteiger partial charge in [-0.05, 0) is 5.56 Å². The summed E-state index contributed by atoms with van der Waals surface area (Å²) in [4.78, 5) is 23.1. The molecule has 1 fully saturated rings. The van der Waals surface area contributed by atoms with Gasteiger partial charge in [0, 0.05) is 20.5 Å². The summed E-state index contributed by atoms with van der Waals surface area (Å²) in [6.07, 6.45) is -2.39. The molecule has 2 rings (SSSR count). The predicted molar refractivity (Wildman–Crippen MR) is 87.6 cm³/mol. The molecular formula is C18H24O7. The first kappa shape index (κ1) is 19.4. The van der Waals surface area contributed by atoms with Crippen LogP contribution in [0.4, 0.5) is 0 Å². The number of aliphatic hydroxyl groups is 1. The van der Waals surface area contributed by atoms with Crippen molar-refractivity contribution in [2.75, 3.05) is 14.2 Å². The van der Waals surface area contributed by atoms with E-state index in [1.807, 2.05) is 30.3 Å². The topological polar surface area (TPSA) is 91.3 Å². The van der Waals surface area contributed by atoms with E-state index in [1.54, 1.807) is 0 Å². The van der Waals surface area contributed by atoms with Crippen LogP contribution in [0, 0.1) is 0 Å². The molecule has 1 saturated carbocycles. The number of carbonyl (C=O) groups is 2. The second kappa shape index (κ2) is 8.42. The molecule has 0 aromatic heterocycles. The maximum Gasteiger partial charge on any atom is 0.308 e. The van der Waals surface area contributed by atoms with Crippen molar-refractivity contribution in [3.05, 3.63) is 35.9 Å². The number of methoxy groups -OCH3 is 2. The van der Waals surface area contributed by atoms with Crippen molar-refractivity contribution in [2.24, 2.45) is 0 Å². The Hall–Kier alpha value is -1.96. The van der Waals surface area contributed by atoms with Crippen molar-refractivity contribution in [1.29, 1.82) is 0 Å². The zero-order chi connectivity index (χ0) is 18.4. The number of rotatable bonds is 9. The van der Waals surface area contributed by atoms with Gasteiger partial charge in [-0.25, -0.2) is 0 Å². The Kier molecular flexibility index (Phi) is 6.52. The van der Waals surface area contributed by atoms with Crippen molar-refractivity contribution in [2.45, 2.75) is 50.3 Å². The Morgan fingerprint density at radius 1 is 1.28 bits per heavy atom. The van der Waals surface area contributed by atoms with Gasteiger partial charge in [-0.2, -0.15) is 0 Å². The van der Waals surface area contributed by atoms with Crippen LogP contribution in [-0.4, -0.2) is 55.2 Å². The number of hydrogen-bond acceptors (Lipinski definition) is 7. The summed E-state index contributed by atoms with van der Waals surface area (Å²) < 4.78 is 21.2. The Labute approximate surface area is 146 Å². The summed E-state index contributed by atoms with van der Waals surface area (Å²) in [7, 11) is 2.74. The Bertz CT molecular complexity index is 588. The van der Waals surface area contributed by atoms with Crippen LogP contribution in [0.2, 0.25) is 0 Å². The van der Waals surface area contributed by atoms with Gasteiger partial charge in [-0.15, -0.1) is 0 Å².